The highest BCUT2D eigenvalue weighted by molar-refractivity contribution is 5.87. The zero-order chi connectivity index (χ0) is 11.8. The van der Waals surface area contributed by atoms with Crippen molar-refractivity contribution >= 4 is 16.7 Å². The van der Waals surface area contributed by atoms with Crippen LogP contribution >= 0.6 is 0 Å². The molecule has 3 nitrogen and oxygen atoms in total. The van der Waals surface area contributed by atoms with Gasteiger partial charge < -0.3 is 9.30 Å². The van der Waals surface area contributed by atoms with Crippen LogP contribution in [0.1, 0.15) is 12.8 Å². The third kappa shape index (κ3) is 1.93. The van der Waals surface area contributed by atoms with Gasteiger partial charge in [-0.15, -0.1) is 0 Å². The van der Waals surface area contributed by atoms with Crippen molar-refractivity contribution in [2.45, 2.75) is 19.4 Å². The second-order valence-electron chi connectivity index (χ2n) is 4.61. The van der Waals surface area contributed by atoms with Crippen molar-refractivity contribution in [3.8, 4) is 5.75 Å². The van der Waals surface area contributed by atoms with Crippen molar-refractivity contribution in [3.63, 3.8) is 0 Å². The van der Waals surface area contributed by atoms with Crippen LogP contribution in [0.15, 0.2) is 30.5 Å². The van der Waals surface area contributed by atoms with Crippen LogP contribution in [0.2, 0.25) is 0 Å². The number of nitrogens with zero attached hydrogens (tertiary/aromatic N) is 1. The Hall–Kier alpha value is -1.77. The van der Waals surface area contributed by atoms with E-state index in [1.165, 1.54) is 0 Å². The number of methoxy groups -OCH3 is 1. The van der Waals surface area contributed by atoms with Crippen LogP contribution in [0, 0.1) is 5.92 Å². The first-order valence-electron chi connectivity index (χ1n) is 5.93. The minimum atomic E-state index is 0.325. The van der Waals surface area contributed by atoms with Gasteiger partial charge in [-0.3, -0.25) is 4.79 Å². The molecule has 1 saturated carbocycles. The van der Waals surface area contributed by atoms with E-state index in [2.05, 4.69) is 0 Å². The van der Waals surface area contributed by atoms with Gasteiger partial charge in [0.2, 0.25) is 0 Å². The number of ether oxygens (including phenoxy) is 1. The Morgan fingerprint density at radius 2 is 2.24 bits per heavy atom. The topological polar surface area (TPSA) is 31.2 Å². The normalized spacial score (nSPS) is 15.1. The van der Waals surface area contributed by atoms with Gasteiger partial charge in [-0.25, -0.2) is 0 Å². The molecule has 0 bridgehead atoms. The average Bonchev–Trinajstić information content (AvgIpc) is 3.13. The molecule has 1 aliphatic carbocycles. The fourth-order valence-electron chi connectivity index (χ4n) is 2.15. The van der Waals surface area contributed by atoms with Gasteiger partial charge in [0.1, 0.15) is 5.75 Å². The molecule has 0 aliphatic heterocycles. The average molecular weight is 229 g/mol. The molecule has 1 aromatic heterocycles. The van der Waals surface area contributed by atoms with Crippen molar-refractivity contribution in [3.05, 3.63) is 30.5 Å². The van der Waals surface area contributed by atoms with E-state index in [4.69, 9.17) is 4.74 Å². The van der Waals surface area contributed by atoms with Crippen molar-refractivity contribution in [1.82, 2.24) is 4.57 Å². The number of hydrogen-bond acceptors (Lipinski definition) is 2. The minimum absolute atomic E-state index is 0.325. The molecule has 0 N–H and O–H groups in total. The van der Waals surface area contributed by atoms with E-state index in [9.17, 15) is 4.79 Å². The first kappa shape index (κ1) is 10.4. The van der Waals surface area contributed by atoms with E-state index in [0.717, 1.165) is 29.5 Å². The van der Waals surface area contributed by atoms with Crippen LogP contribution in [0.4, 0.5) is 0 Å². The summed E-state index contributed by atoms with van der Waals surface area (Å²) in [6.07, 6.45) is 4.13. The number of fused-ring (bicyclic) bond motifs is 1. The van der Waals surface area contributed by atoms with Gasteiger partial charge >= 0.3 is 0 Å². The maximum absolute atomic E-state index is 11.8. The molecule has 0 spiro atoms. The Labute approximate surface area is 100.0 Å². The summed E-state index contributed by atoms with van der Waals surface area (Å²) in [6.45, 7) is 0.500. The van der Waals surface area contributed by atoms with E-state index >= 15 is 0 Å². The largest absolute Gasteiger partial charge is 0.497 e. The van der Waals surface area contributed by atoms with Crippen LogP contribution in [-0.2, 0) is 11.3 Å². The number of hydrogen-bond donors (Lipinski definition) is 0. The zero-order valence-electron chi connectivity index (χ0n) is 9.85. The molecule has 2 aromatic rings. The molecule has 0 atom stereocenters. The number of carbonyl (C=O) groups is 1. The lowest BCUT2D eigenvalue weighted by Crippen LogP contribution is -2.10. The van der Waals surface area contributed by atoms with Gasteiger partial charge in [-0.1, -0.05) is 0 Å². The standard InChI is InChI=1S/C14H15NO2/c1-17-12-4-5-13-11(8-12)6-7-15(13)9-14(16)10-2-3-10/h4-8,10H,2-3,9H2,1H3. The first-order valence-corrected chi connectivity index (χ1v) is 5.93. The monoisotopic (exact) mass is 229 g/mol. The molecule has 1 aromatic carbocycles. The summed E-state index contributed by atoms with van der Waals surface area (Å²) < 4.78 is 7.21. The molecule has 1 fully saturated rings. The SMILES string of the molecule is COc1ccc2c(ccn2CC(=O)C2CC2)c1. The predicted molar refractivity (Wildman–Crippen MR) is 66.2 cm³/mol. The highest BCUT2D eigenvalue weighted by Crippen LogP contribution is 2.31. The third-order valence-electron chi connectivity index (χ3n) is 3.34. The minimum Gasteiger partial charge on any atom is -0.497 e. The molecular weight excluding hydrogens is 214 g/mol. The molecule has 3 heteroatoms. The zero-order valence-corrected chi connectivity index (χ0v) is 9.85. The molecule has 0 saturated heterocycles. The molecule has 88 valence electrons. The van der Waals surface area contributed by atoms with Crippen LogP contribution < -0.4 is 4.74 Å². The Morgan fingerprint density at radius 1 is 1.41 bits per heavy atom. The third-order valence-corrected chi connectivity index (χ3v) is 3.34. The molecular formula is C14H15NO2. The number of rotatable bonds is 4. The van der Waals surface area contributed by atoms with Crippen molar-refractivity contribution in [2.75, 3.05) is 7.11 Å². The lowest BCUT2D eigenvalue weighted by atomic mass is 10.2. The fourth-order valence-corrected chi connectivity index (χ4v) is 2.15. The van der Waals surface area contributed by atoms with Crippen LogP contribution in [0.25, 0.3) is 10.9 Å². The molecule has 0 radical (unpaired) electrons. The van der Waals surface area contributed by atoms with Gasteiger partial charge in [0, 0.05) is 23.0 Å². The first-order chi connectivity index (χ1) is 8.28. The maximum atomic E-state index is 11.8. The summed E-state index contributed by atoms with van der Waals surface area (Å²) in [5.74, 6) is 1.53. The van der Waals surface area contributed by atoms with E-state index in [1.54, 1.807) is 7.11 Å². The number of benzene rings is 1. The van der Waals surface area contributed by atoms with E-state index < -0.39 is 0 Å². The molecule has 1 heterocycles. The van der Waals surface area contributed by atoms with Gasteiger partial charge in [-0.2, -0.15) is 0 Å². The van der Waals surface area contributed by atoms with Gasteiger partial charge in [-0.05, 0) is 37.1 Å². The number of aromatic nitrogens is 1. The van der Waals surface area contributed by atoms with E-state index in [1.807, 2.05) is 35.0 Å². The van der Waals surface area contributed by atoms with Gasteiger partial charge in [0.05, 0.1) is 13.7 Å². The van der Waals surface area contributed by atoms with Crippen molar-refractivity contribution < 1.29 is 9.53 Å². The van der Waals surface area contributed by atoms with Gasteiger partial charge in [0.15, 0.2) is 5.78 Å². The Bertz CT molecular complexity index is 567. The maximum Gasteiger partial charge on any atom is 0.155 e. The summed E-state index contributed by atoms with van der Waals surface area (Å²) >= 11 is 0. The number of ketones is 1. The summed E-state index contributed by atoms with van der Waals surface area (Å²) in [4.78, 5) is 11.8. The predicted octanol–water partition coefficient (Wildman–Crippen LogP) is 2.63. The summed E-state index contributed by atoms with van der Waals surface area (Å²) in [5.41, 5.74) is 1.10. The smallest absolute Gasteiger partial charge is 0.155 e. The summed E-state index contributed by atoms with van der Waals surface area (Å²) in [5, 5.41) is 1.12. The second kappa shape index (κ2) is 3.91. The van der Waals surface area contributed by atoms with Crippen molar-refractivity contribution in [2.24, 2.45) is 5.92 Å². The van der Waals surface area contributed by atoms with Crippen LogP contribution in [-0.4, -0.2) is 17.5 Å². The van der Waals surface area contributed by atoms with Crippen LogP contribution in [0.5, 0.6) is 5.75 Å². The quantitative estimate of drug-likeness (QED) is 0.807. The van der Waals surface area contributed by atoms with Crippen molar-refractivity contribution in [1.29, 1.82) is 0 Å². The molecule has 0 amide bonds. The summed E-state index contributed by atoms with van der Waals surface area (Å²) in [6, 6.07) is 7.96. The van der Waals surface area contributed by atoms with E-state index in [-0.39, 0.29) is 0 Å². The molecule has 17 heavy (non-hydrogen) atoms. The van der Waals surface area contributed by atoms with Crippen LogP contribution in [0.3, 0.4) is 0 Å². The lowest BCUT2D eigenvalue weighted by molar-refractivity contribution is -0.120. The molecule has 1 aliphatic rings. The van der Waals surface area contributed by atoms with Gasteiger partial charge in [0.25, 0.3) is 0 Å². The Morgan fingerprint density at radius 3 is 2.94 bits per heavy atom. The Kier molecular flexibility index (Phi) is 2.39. The number of carbonyl (C=O) groups excluding carboxylic acids is 1. The molecule has 0 unspecified atom stereocenters. The Balaban J connectivity index is 1.91. The molecule has 3 rings (SSSR count). The van der Waals surface area contributed by atoms with E-state index in [0.29, 0.717) is 18.2 Å². The highest BCUT2D eigenvalue weighted by atomic mass is 16.5. The fraction of sp³-hybridized carbons (Fsp3) is 0.357. The summed E-state index contributed by atoms with van der Waals surface area (Å²) in [7, 11) is 1.66. The lowest BCUT2D eigenvalue weighted by Gasteiger charge is -2.05. The second-order valence-corrected chi connectivity index (χ2v) is 4.61. The highest BCUT2D eigenvalue weighted by Gasteiger charge is 2.29. The number of Topliss-reactive ketones (excluding diaryl/α,β-unsaturated/α-hetero) is 1.